The van der Waals surface area contributed by atoms with Gasteiger partial charge in [-0.15, -0.1) is 12.6 Å². The van der Waals surface area contributed by atoms with Crippen LogP contribution in [0.2, 0.25) is 0 Å². The topological polar surface area (TPSA) is 33.2 Å². The van der Waals surface area contributed by atoms with Crippen LogP contribution in [0.25, 0.3) is 5.57 Å². The Morgan fingerprint density at radius 3 is 2.54 bits per heavy atom. The van der Waals surface area contributed by atoms with Gasteiger partial charge in [-0.05, 0) is 37.5 Å². The molecule has 0 aliphatic rings. The molecule has 1 heterocycles. The van der Waals surface area contributed by atoms with E-state index in [2.05, 4.69) is 42.7 Å². The van der Waals surface area contributed by atoms with E-state index in [0.29, 0.717) is 11.6 Å². The third-order valence-electron chi connectivity index (χ3n) is 3.73. The molecule has 0 atom stereocenters. The van der Waals surface area contributed by atoms with E-state index in [1.54, 1.807) is 11.9 Å². The molecule has 0 N–H and O–H groups in total. The first-order valence-corrected chi connectivity index (χ1v) is 9.00. The first kappa shape index (κ1) is 18.5. The number of aryl methyl sites for hydroxylation is 1. The highest BCUT2D eigenvalue weighted by atomic mass is 32.2. The van der Waals surface area contributed by atoms with Crippen molar-refractivity contribution in [2.75, 3.05) is 11.9 Å². The summed E-state index contributed by atoms with van der Waals surface area (Å²) in [7, 11) is 1.76. The summed E-state index contributed by atoms with van der Waals surface area (Å²) < 4.78 is 0.845. The van der Waals surface area contributed by atoms with E-state index in [9.17, 15) is 4.79 Å². The zero-order valence-corrected chi connectivity index (χ0v) is 16.1. The fourth-order valence-electron chi connectivity index (χ4n) is 2.14. The molecule has 1 aromatic heterocycles. The van der Waals surface area contributed by atoms with Crippen molar-refractivity contribution in [1.82, 2.24) is 4.98 Å². The highest BCUT2D eigenvalue weighted by Crippen LogP contribution is 2.28. The Hall–Kier alpha value is -1.85. The Morgan fingerprint density at radius 1 is 1.33 bits per heavy atom. The number of rotatable bonds is 5. The lowest BCUT2D eigenvalue weighted by molar-refractivity contribution is -0.117. The van der Waals surface area contributed by atoms with E-state index >= 15 is 0 Å². The smallest absolute Gasteiger partial charge is 0.232 e. The van der Waals surface area contributed by atoms with Crippen LogP contribution in [-0.2, 0) is 11.2 Å². The maximum absolute atomic E-state index is 12.4. The molecule has 0 bridgehead atoms. The minimum Gasteiger partial charge on any atom is -0.291 e. The summed E-state index contributed by atoms with van der Waals surface area (Å²) in [5.74, 6) is 0.0195. The summed E-state index contributed by atoms with van der Waals surface area (Å²) in [6.45, 7) is 5.96. The Bertz CT molecular complexity index is 754. The van der Waals surface area contributed by atoms with Gasteiger partial charge < -0.3 is 0 Å². The molecular formula is C19H22N2OS2. The zero-order chi connectivity index (χ0) is 17.7. The largest absolute Gasteiger partial charge is 0.291 e. The van der Waals surface area contributed by atoms with Crippen molar-refractivity contribution in [3.8, 4) is 0 Å². The van der Waals surface area contributed by atoms with Gasteiger partial charge in [0, 0.05) is 7.05 Å². The molecule has 1 amide bonds. The minimum absolute atomic E-state index is 0.0195. The van der Waals surface area contributed by atoms with E-state index in [-0.39, 0.29) is 5.91 Å². The summed E-state index contributed by atoms with van der Waals surface area (Å²) in [6.07, 6.45) is 6.46. The fourth-order valence-corrected chi connectivity index (χ4v) is 3.22. The van der Waals surface area contributed by atoms with Crippen molar-refractivity contribution in [2.24, 2.45) is 0 Å². The van der Waals surface area contributed by atoms with E-state index in [1.165, 1.54) is 16.9 Å². The molecule has 0 saturated carbocycles. The molecule has 3 nitrogen and oxygen atoms in total. The van der Waals surface area contributed by atoms with Crippen molar-refractivity contribution in [1.29, 1.82) is 0 Å². The SMILES string of the molecule is C/C=C\C=C(/C)c1ccc(CC(=O)N(C)c2nc(C)c(S)s2)cc1. The summed E-state index contributed by atoms with van der Waals surface area (Å²) in [5.41, 5.74) is 4.20. The number of nitrogens with zero attached hydrogens (tertiary/aromatic N) is 2. The van der Waals surface area contributed by atoms with Crippen molar-refractivity contribution >= 4 is 40.6 Å². The van der Waals surface area contributed by atoms with E-state index in [0.717, 1.165) is 21.0 Å². The van der Waals surface area contributed by atoms with E-state index in [1.807, 2.05) is 38.1 Å². The van der Waals surface area contributed by atoms with Crippen LogP contribution in [0.5, 0.6) is 0 Å². The standard InChI is InChI=1S/C19H22N2OS2/c1-5-6-7-13(2)16-10-8-15(9-11-16)12-17(22)21(4)19-20-14(3)18(23)24-19/h5-11,23H,12H2,1-4H3/b6-5-,13-7+. The van der Waals surface area contributed by atoms with Crippen LogP contribution in [0, 0.1) is 6.92 Å². The summed E-state index contributed by atoms with van der Waals surface area (Å²) >= 11 is 5.76. The molecule has 1 aromatic carbocycles. The maximum Gasteiger partial charge on any atom is 0.232 e. The third-order valence-corrected chi connectivity index (χ3v) is 5.36. The Balaban J connectivity index is 2.06. The number of thiazole rings is 1. The number of carbonyl (C=O) groups excluding carboxylic acids is 1. The number of anilines is 1. The van der Waals surface area contributed by atoms with Crippen molar-refractivity contribution in [2.45, 2.75) is 31.4 Å². The molecule has 126 valence electrons. The number of aromatic nitrogens is 1. The Kier molecular flexibility index (Phi) is 6.40. The summed E-state index contributed by atoms with van der Waals surface area (Å²) in [6, 6.07) is 8.12. The van der Waals surface area contributed by atoms with Gasteiger partial charge in [-0.2, -0.15) is 0 Å². The number of hydrogen-bond acceptors (Lipinski definition) is 4. The maximum atomic E-state index is 12.4. The molecule has 0 saturated heterocycles. The van der Waals surface area contributed by atoms with Crippen LogP contribution < -0.4 is 4.90 Å². The van der Waals surface area contributed by atoms with Crippen LogP contribution in [-0.4, -0.2) is 17.9 Å². The fraction of sp³-hybridized carbons (Fsp3) is 0.263. The second kappa shape index (κ2) is 8.31. The van der Waals surface area contributed by atoms with Gasteiger partial charge >= 0.3 is 0 Å². The summed E-state index contributed by atoms with van der Waals surface area (Å²) in [5, 5.41) is 0.684. The predicted octanol–water partition coefficient (Wildman–Crippen LogP) is 4.93. The van der Waals surface area contributed by atoms with Crippen LogP contribution in [0.4, 0.5) is 5.13 Å². The average molecular weight is 359 g/mol. The summed E-state index contributed by atoms with van der Waals surface area (Å²) in [4.78, 5) is 18.4. The first-order valence-electron chi connectivity index (χ1n) is 7.74. The van der Waals surface area contributed by atoms with E-state index < -0.39 is 0 Å². The molecule has 24 heavy (non-hydrogen) atoms. The zero-order valence-electron chi connectivity index (χ0n) is 14.4. The van der Waals surface area contributed by atoms with Crippen LogP contribution in [0.1, 0.15) is 30.7 Å². The molecule has 0 unspecified atom stereocenters. The number of allylic oxidation sites excluding steroid dienone is 4. The predicted molar refractivity (Wildman–Crippen MR) is 106 cm³/mol. The molecule has 0 radical (unpaired) electrons. The molecule has 0 spiro atoms. The number of amides is 1. The number of carbonyl (C=O) groups is 1. The van der Waals surface area contributed by atoms with Gasteiger partial charge in [0.25, 0.3) is 0 Å². The third kappa shape index (κ3) is 4.58. The van der Waals surface area contributed by atoms with Gasteiger partial charge in [0.2, 0.25) is 5.91 Å². The molecule has 5 heteroatoms. The van der Waals surface area contributed by atoms with Crippen LogP contribution in [0.3, 0.4) is 0 Å². The lowest BCUT2D eigenvalue weighted by Crippen LogP contribution is -2.27. The van der Waals surface area contributed by atoms with Crippen LogP contribution in [0.15, 0.2) is 46.7 Å². The Labute approximate surface area is 153 Å². The highest BCUT2D eigenvalue weighted by molar-refractivity contribution is 7.83. The van der Waals surface area contributed by atoms with Crippen LogP contribution >= 0.6 is 24.0 Å². The second-order valence-electron chi connectivity index (χ2n) is 5.59. The van der Waals surface area contributed by atoms with Crippen molar-refractivity contribution in [3.05, 3.63) is 59.3 Å². The number of benzene rings is 1. The van der Waals surface area contributed by atoms with Crippen molar-refractivity contribution < 1.29 is 4.79 Å². The number of hydrogen-bond donors (Lipinski definition) is 1. The molecule has 0 aliphatic heterocycles. The highest BCUT2D eigenvalue weighted by Gasteiger charge is 2.16. The van der Waals surface area contributed by atoms with Gasteiger partial charge in [0.15, 0.2) is 5.13 Å². The van der Waals surface area contributed by atoms with Gasteiger partial charge in [-0.25, -0.2) is 4.98 Å². The quantitative estimate of drug-likeness (QED) is 0.607. The van der Waals surface area contributed by atoms with Gasteiger partial charge in [-0.3, -0.25) is 9.69 Å². The molecular weight excluding hydrogens is 336 g/mol. The van der Waals surface area contributed by atoms with E-state index in [4.69, 9.17) is 0 Å². The first-order chi connectivity index (χ1) is 11.4. The molecule has 2 aromatic rings. The normalized spacial score (nSPS) is 12.0. The molecule has 0 aliphatic carbocycles. The monoisotopic (exact) mass is 358 g/mol. The van der Waals surface area contributed by atoms with Gasteiger partial charge in [0.05, 0.1) is 16.3 Å². The number of thiol groups is 1. The average Bonchev–Trinajstić information content (AvgIpc) is 2.91. The molecule has 0 fully saturated rings. The minimum atomic E-state index is 0.0195. The Morgan fingerprint density at radius 2 is 2.00 bits per heavy atom. The lowest BCUT2D eigenvalue weighted by Gasteiger charge is -2.14. The number of likely N-dealkylation sites (N-methyl/N-ethyl adjacent to an activating group) is 1. The van der Waals surface area contributed by atoms with Crippen molar-refractivity contribution in [3.63, 3.8) is 0 Å². The molecule has 2 rings (SSSR count). The lowest BCUT2D eigenvalue weighted by atomic mass is 10.0. The van der Waals surface area contributed by atoms with Gasteiger partial charge in [0.1, 0.15) is 0 Å². The van der Waals surface area contributed by atoms with Gasteiger partial charge in [-0.1, -0.05) is 53.8 Å². The second-order valence-corrected chi connectivity index (χ2v) is 7.32.